The molecule has 3 heterocycles. The molecular formula is C30H39FN7O6P. The molecule has 5 atom stereocenters. The van der Waals surface area contributed by atoms with Crippen molar-refractivity contribution in [1.29, 1.82) is 0 Å². The van der Waals surface area contributed by atoms with Gasteiger partial charge in [-0.2, -0.15) is 15.1 Å². The fourth-order valence-corrected chi connectivity index (χ4v) is 6.60. The molecule has 0 bridgehead atoms. The van der Waals surface area contributed by atoms with Gasteiger partial charge in [-0.05, 0) is 23.8 Å². The van der Waals surface area contributed by atoms with Crippen LogP contribution >= 0.6 is 7.75 Å². The summed E-state index contributed by atoms with van der Waals surface area (Å²) in [5, 5.41) is 7.05. The van der Waals surface area contributed by atoms with Crippen LogP contribution in [0.3, 0.4) is 0 Å². The van der Waals surface area contributed by atoms with Gasteiger partial charge in [-0.15, -0.1) is 0 Å². The average molecular weight is 644 g/mol. The van der Waals surface area contributed by atoms with Crippen LogP contribution in [0.15, 0.2) is 48.8 Å². The highest BCUT2D eigenvalue weighted by Crippen LogP contribution is 2.50. The van der Waals surface area contributed by atoms with Crippen LogP contribution in [-0.2, 0) is 23.4 Å². The highest BCUT2D eigenvalue weighted by Gasteiger charge is 2.49. The molecule has 13 nitrogen and oxygen atoms in total. The van der Waals surface area contributed by atoms with Crippen molar-refractivity contribution in [3.63, 3.8) is 0 Å². The summed E-state index contributed by atoms with van der Waals surface area (Å²) in [5.41, 5.74) is 6.41. The van der Waals surface area contributed by atoms with Crippen molar-refractivity contribution in [2.75, 3.05) is 31.3 Å². The maximum atomic E-state index is 16.4. The Bertz CT molecular complexity index is 1740. The fraction of sp³-hybridized carbons (Fsp3) is 0.467. The molecule has 4 N–H and O–H groups in total. The minimum Gasteiger partial charge on any atom is -0.464 e. The predicted molar refractivity (Wildman–Crippen MR) is 168 cm³/mol. The van der Waals surface area contributed by atoms with Crippen LogP contribution in [0.1, 0.15) is 47.3 Å². The third kappa shape index (κ3) is 7.36. The Morgan fingerprint density at radius 1 is 1.24 bits per heavy atom. The standard InChI is InChI=1S/C30H39FN7O6P/c1-18-14-30(31,43-26(18)38-17-34-23-24(33-6)35-28(32)36-25(23)38)16-42-45(40,37-19(2)27(39)41-15-29(3,4)5)44-22-13-9-11-20-10-7-8-12-21(20)22/h7-13,17-19,26H,14-16H2,1-6H3,(H,37,40)(H3,32,33,35,36)/t18-,19+,26+,30-,45?/m0/s1. The highest BCUT2D eigenvalue weighted by atomic mass is 31.2. The number of ether oxygens (including phenoxy) is 2. The number of benzene rings is 2. The van der Waals surface area contributed by atoms with Crippen LogP contribution in [0.4, 0.5) is 16.2 Å². The van der Waals surface area contributed by atoms with Crippen LogP contribution in [0, 0.1) is 11.3 Å². The van der Waals surface area contributed by atoms with Crippen molar-refractivity contribution in [2.24, 2.45) is 11.3 Å². The zero-order valence-corrected chi connectivity index (χ0v) is 27.0. The molecular weight excluding hydrogens is 604 g/mol. The molecule has 2 aromatic carbocycles. The number of nitrogens with one attached hydrogen (secondary N) is 2. The topological polar surface area (TPSA) is 165 Å². The summed E-state index contributed by atoms with van der Waals surface area (Å²) >= 11 is 0. The maximum Gasteiger partial charge on any atom is 0.459 e. The first-order valence-corrected chi connectivity index (χ1v) is 16.1. The van der Waals surface area contributed by atoms with Gasteiger partial charge in [0, 0.05) is 24.8 Å². The summed E-state index contributed by atoms with van der Waals surface area (Å²) in [6.07, 6.45) is 0.544. The molecule has 242 valence electrons. The van der Waals surface area contributed by atoms with Gasteiger partial charge in [-0.25, -0.2) is 13.9 Å². The molecule has 5 rings (SSSR count). The molecule has 1 saturated heterocycles. The number of nitrogen functional groups attached to an aromatic ring is 1. The normalized spacial score (nSPS) is 22.3. The fourth-order valence-electron chi connectivity index (χ4n) is 5.06. The summed E-state index contributed by atoms with van der Waals surface area (Å²) in [4.78, 5) is 25.6. The number of alkyl halides is 1. The number of carbonyl (C=O) groups excluding carboxylic acids is 1. The largest absolute Gasteiger partial charge is 0.464 e. The second-order valence-corrected chi connectivity index (χ2v) is 14.1. The van der Waals surface area contributed by atoms with Gasteiger partial charge in [0.15, 0.2) is 17.0 Å². The van der Waals surface area contributed by atoms with E-state index >= 15 is 4.39 Å². The van der Waals surface area contributed by atoms with E-state index in [1.807, 2.05) is 45.0 Å². The predicted octanol–water partition coefficient (Wildman–Crippen LogP) is 5.60. The number of fused-ring (bicyclic) bond motifs is 2. The summed E-state index contributed by atoms with van der Waals surface area (Å²) in [7, 11) is -2.73. The number of carbonyl (C=O) groups is 1. The average Bonchev–Trinajstić information content (AvgIpc) is 3.53. The minimum atomic E-state index is -4.41. The number of hydrogen-bond acceptors (Lipinski definition) is 11. The molecule has 1 fully saturated rings. The van der Waals surface area contributed by atoms with Gasteiger partial charge in [0.25, 0.3) is 0 Å². The first-order chi connectivity index (χ1) is 21.2. The van der Waals surface area contributed by atoms with Crippen molar-refractivity contribution in [3.05, 3.63) is 48.8 Å². The van der Waals surface area contributed by atoms with E-state index in [9.17, 15) is 9.36 Å². The third-order valence-corrected chi connectivity index (χ3v) is 8.78. The van der Waals surface area contributed by atoms with Gasteiger partial charge in [-0.1, -0.05) is 64.1 Å². The lowest BCUT2D eigenvalue weighted by atomic mass is 9.99. The van der Waals surface area contributed by atoms with Crippen LogP contribution in [0.25, 0.3) is 21.9 Å². The van der Waals surface area contributed by atoms with Gasteiger partial charge in [0.2, 0.25) is 11.8 Å². The van der Waals surface area contributed by atoms with Gasteiger partial charge in [-0.3, -0.25) is 13.9 Å². The quantitative estimate of drug-likeness (QED) is 0.137. The molecule has 4 aromatic rings. The van der Waals surface area contributed by atoms with Crippen molar-refractivity contribution in [2.45, 2.75) is 59.2 Å². The molecule has 1 unspecified atom stereocenters. The van der Waals surface area contributed by atoms with Gasteiger partial charge >= 0.3 is 13.7 Å². The Hall–Kier alpha value is -3.84. The number of rotatable bonds is 11. The number of halogens is 1. The Morgan fingerprint density at radius 3 is 2.71 bits per heavy atom. The molecule has 0 saturated carbocycles. The van der Waals surface area contributed by atoms with Gasteiger partial charge < -0.3 is 25.0 Å². The van der Waals surface area contributed by atoms with E-state index in [4.69, 9.17) is 24.3 Å². The Balaban J connectivity index is 1.38. The number of nitrogens with zero attached hydrogens (tertiary/aromatic N) is 4. The van der Waals surface area contributed by atoms with E-state index in [2.05, 4.69) is 25.4 Å². The molecule has 1 aliphatic heterocycles. The smallest absolute Gasteiger partial charge is 0.459 e. The van der Waals surface area contributed by atoms with Gasteiger partial charge in [0.05, 0.1) is 12.9 Å². The molecule has 0 amide bonds. The van der Waals surface area contributed by atoms with Gasteiger partial charge in [0.1, 0.15) is 24.6 Å². The molecule has 45 heavy (non-hydrogen) atoms. The second-order valence-electron chi connectivity index (χ2n) is 12.4. The van der Waals surface area contributed by atoms with E-state index in [1.165, 1.54) is 13.3 Å². The molecule has 2 aromatic heterocycles. The van der Waals surface area contributed by atoms with Crippen LogP contribution < -0.4 is 20.7 Å². The monoisotopic (exact) mass is 643 g/mol. The molecule has 1 aliphatic rings. The van der Waals surface area contributed by atoms with E-state index in [-0.39, 0.29) is 36.1 Å². The SMILES string of the molecule is CNc1nc(N)nc2c1ncn2[C@@H]1O[C@](F)(COP(=O)(N[C@H](C)C(=O)OCC(C)(C)C)Oc2cccc3ccccc23)C[C@@H]1C. The van der Waals surface area contributed by atoms with Crippen molar-refractivity contribution in [3.8, 4) is 5.75 Å². The number of hydrogen-bond donors (Lipinski definition) is 3. The van der Waals surface area contributed by atoms with E-state index in [0.717, 1.165) is 5.39 Å². The zero-order chi connectivity index (χ0) is 32.6. The Morgan fingerprint density at radius 2 is 1.98 bits per heavy atom. The van der Waals surface area contributed by atoms with Crippen LogP contribution in [-0.4, -0.2) is 57.6 Å². The summed E-state index contributed by atoms with van der Waals surface area (Å²) in [5.74, 6) is -2.74. The molecule has 15 heteroatoms. The van der Waals surface area contributed by atoms with Crippen LogP contribution in [0.5, 0.6) is 5.75 Å². The lowest BCUT2D eigenvalue weighted by molar-refractivity contribution is -0.173. The van der Waals surface area contributed by atoms with Crippen molar-refractivity contribution in [1.82, 2.24) is 24.6 Å². The molecule has 0 radical (unpaired) electrons. The van der Waals surface area contributed by atoms with E-state index in [0.29, 0.717) is 22.4 Å². The van der Waals surface area contributed by atoms with Crippen molar-refractivity contribution < 1.29 is 32.3 Å². The van der Waals surface area contributed by atoms with E-state index in [1.54, 1.807) is 36.7 Å². The first-order valence-electron chi connectivity index (χ1n) is 14.6. The molecule has 0 spiro atoms. The number of anilines is 2. The van der Waals surface area contributed by atoms with E-state index < -0.39 is 38.4 Å². The summed E-state index contributed by atoms with van der Waals surface area (Å²) in [6.45, 7) is 8.41. The lowest BCUT2D eigenvalue weighted by Crippen LogP contribution is -2.38. The molecule has 0 aliphatic carbocycles. The summed E-state index contributed by atoms with van der Waals surface area (Å²) in [6, 6.07) is 11.5. The number of aromatic nitrogens is 4. The maximum absolute atomic E-state index is 16.4. The lowest BCUT2D eigenvalue weighted by Gasteiger charge is -2.27. The summed E-state index contributed by atoms with van der Waals surface area (Å²) < 4.78 is 55.2. The van der Waals surface area contributed by atoms with Crippen molar-refractivity contribution >= 4 is 47.4 Å². The first kappa shape index (κ1) is 32.6. The number of esters is 1. The van der Waals surface area contributed by atoms with Crippen LogP contribution in [0.2, 0.25) is 0 Å². The number of imidazole rings is 1. The Kier molecular flexibility index (Phi) is 9.05. The Labute approximate surface area is 260 Å². The minimum absolute atomic E-state index is 0.0156. The third-order valence-electron chi connectivity index (χ3n) is 7.17. The highest BCUT2D eigenvalue weighted by molar-refractivity contribution is 7.52. The number of nitrogens with two attached hydrogens (primary N) is 1. The zero-order valence-electron chi connectivity index (χ0n) is 26.1. The second kappa shape index (κ2) is 12.5.